The third-order valence-corrected chi connectivity index (χ3v) is 3.11. The van der Waals surface area contributed by atoms with Gasteiger partial charge in [0.2, 0.25) is 0 Å². The van der Waals surface area contributed by atoms with E-state index in [1.54, 1.807) is 6.92 Å². The van der Waals surface area contributed by atoms with Crippen molar-refractivity contribution in [1.29, 1.82) is 0 Å². The number of nitrogens with one attached hydrogen (secondary N) is 1. The van der Waals surface area contributed by atoms with Crippen LogP contribution >= 0.6 is 0 Å². The highest BCUT2D eigenvalue weighted by Crippen LogP contribution is 2.19. The van der Waals surface area contributed by atoms with Gasteiger partial charge in [0.05, 0.1) is 11.1 Å². The van der Waals surface area contributed by atoms with Crippen molar-refractivity contribution in [2.24, 2.45) is 0 Å². The summed E-state index contributed by atoms with van der Waals surface area (Å²) in [5.41, 5.74) is 0.943. The van der Waals surface area contributed by atoms with E-state index in [0.29, 0.717) is 24.7 Å². The molecular formula is C13H17N3O3. The van der Waals surface area contributed by atoms with Gasteiger partial charge in [-0.15, -0.1) is 0 Å². The Labute approximate surface area is 110 Å². The molecule has 1 aliphatic carbocycles. The minimum absolute atomic E-state index is 0.0393. The monoisotopic (exact) mass is 263 g/mol. The van der Waals surface area contributed by atoms with Crippen LogP contribution < -0.4 is 10.9 Å². The fourth-order valence-electron chi connectivity index (χ4n) is 1.84. The molecule has 0 aliphatic heterocycles. The predicted octanol–water partition coefficient (Wildman–Crippen LogP) is 1.37. The van der Waals surface area contributed by atoms with E-state index >= 15 is 0 Å². The molecule has 1 N–H and O–H groups in total. The standard InChI is InChI=1S/C13H17N3O3/c1-9(6-14-11-3-4-11)7-15-8-12(16(18)19)10(2)5-13(15)17/h5,8,11,14H,1,3-4,6-7H2,2H3. The summed E-state index contributed by atoms with van der Waals surface area (Å²) < 4.78 is 1.34. The minimum Gasteiger partial charge on any atom is -0.310 e. The first-order valence-corrected chi connectivity index (χ1v) is 6.23. The molecule has 2 rings (SSSR count). The summed E-state index contributed by atoms with van der Waals surface area (Å²) >= 11 is 0. The number of hydrogen-bond donors (Lipinski definition) is 1. The normalized spacial score (nSPS) is 14.4. The molecule has 1 aromatic rings. The topological polar surface area (TPSA) is 77.2 Å². The molecule has 102 valence electrons. The van der Waals surface area contributed by atoms with Gasteiger partial charge < -0.3 is 9.88 Å². The number of pyridine rings is 1. The van der Waals surface area contributed by atoms with Gasteiger partial charge in [-0.05, 0) is 25.3 Å². The van der Waals surface area contributed by atoms with Crippen molar-refractivity contribution < 1.29 is 4.92 Å². The van der Waals surface area contributed by atoms with Gasteiger partial charge in [-0.1, -0.05) is 6.58 Å². The number of aromatic nitrogens is 1. The molecule has 6 heteroatoms. The third-order valence-electron chi connectivity index (χ3n) is 3.11. The largest absolute Gasteiger partial charge is 0.310 e. The maximum absolute atomic E-state index is 11.8. The van der Waals surface area contributed by atoms with Crippen LogP contribution in [0.15, 0.2) is 29.2 Å². The second-order valence-corrected chi connectivity index (χ2v) is 4.97. The highest BCUT2D eigenvalue weighted by molar-refractivity contribution is 5.36. The Morgan fingerprint density at radius 2 is 2.32 bits per heavy atom. The zero-order valence-electron chi connectivity index (χ0n) is 10.9. The SMILES string of the molecule is C=C(CNC1CC1)Cn1cc([N+](=O)[O-])c(C)cc1=O. The van der Waals surface area contributed by atoms with Crippen LogP contribution in [-0.4, -0.2) is 22.1 Å². The number of aryl methyl sites for hydroxylation is 1. The highest BCUT2D eigenvalue weighted by atomic mass is 16.6. The Morgan fingerprint density at radius 1 is 1.63 bits per heavy atom. The van der Waals surface area contributed by atoms with Crippen LogP contribution in [0.3, 0.4) is 0 Å². The van der Waals surface area contributed by atoms with E-state index in [2.05, 4.69) is 11.9 Å². The van der Waals surface area contributed by atoms with Crippen molar-refractivity contribution in [3.8, 4) is 0 Å². The Balaban J connectivity index is 2.09. The quantitative estimate of drug-likeness (QED) is 0.478. The molecule has 6 nitrogen and oxygen atoms in total. The molecule has 0 spiro atoms. The summed E-state index contributed by atoms with van der Waals surface area (Å²) in [6, 6.07) is 1.86. The van der Waals surface area contributed by atoms with Crippen LogP contribution in [0.2, 0.25) is 0 Å². The number of nitrogens with zero attached hydrogens (tertiary/aromatic N) is 2. The summed E-state index contributed by atoms with van der Waals surface area (Å²) in [5, 5.41) is 14.1. The van der Waals surface area contributed by atoms with Gasteiger partial charge in [-0.2, -0.15) is 0 Å². The van der Waals surface area contributed by atoms with Crippen LogP contribution in [0.1, 0.15) is 18.4 Å². The molecule has 0 unspecified atom stereocenters. The zero-order valence-corrected chi connectivity index (χ0v) is 10.9. The molecular weight excluding hydrogens is 246 g/mol. The van der Waals surface area contributed by atoms with Crippen LogP contribution in [-0.2, 0) is 6.54 Å². The first kappa shape index (κ1) is 13.5. The van der Waals surface area contributed by atoms with Crippen LogP contribution in [0, 0.1) is 17.0 Å². The molecule has 1 fully saturated rings. The lowest BCUT2D eigenvalue weighted by molar-refractivity contribution is -0.385. The van der Waals surface area contributed by atoms with Crippen LogP contribution in [0.4, 0.5) is 5.69 Å². The van der Waals surface area contributed by atoms with E-state index in [-0.39, 0.29) is 11.2 Å². The van der Waals surface area contributed by atoms with E-state index in [9.17, 15) is 14.9 Å². The smallest absolute Gasteiger partial charge is 0.288 e. The van der Waals surface area contributed by atoms with Gasteiger partial charge in [-0.3, -0.25) is 14.9 Å². The van der Waals surface area contributed by atoms with Gasteiger partial charge >= 0.3 is 0 Å². The summed E-state index contributed by atoms with van der Waals surface area (Å²) in [7, 11) is 0. The van der Waals surface area contributed by atoms with Crippen molar-refractivity contribution in [2.75, 3.05) is 6.54 Å². The average Bonchev–Trinajstić information content (AvgIpc) is 3.13. The summed E-state index contributed by atoms with van der Waals surface area (Å²) in [6.45, 7) is 6.40. The van der Waals surface area contributed by atoms with Crippen molar-refractivity contribution >= 4 is 5.69 Å². The van der Waals surface area contributed by atoms with Gasteiger partial charge in [0, 0.05) is 30.8 Å². The second kappa shape index (κ2) is 5.36. The lowest BCUT2D eigenvalue weighted by atomic mass is 10.2. The van der Waals surface area contributed by atoms with Gasteiger partial charge in [0.15, 0.2) is 0 Å². The molecule has 1 aliphatic rings. The molecule has 0 saturated heterocycles. The fourth-order valence-corrected chi connectivity index (χ4v) is 1.84. The van der Waals surface area contributed by atoms with Crippen molar-refractivity contribution in [2.45, 2.75) is 32.4 Å². The molecule has 1 heterocycles. The first-order valence-electron chi connectivity index (χ1n) is 6.23. The molecule has 0 radical (unpaired) electrons. The Bertz CT molecular complexity index is 573. The zero-order chi connectivity index (χ0) is 14.0. The summed E-state index contributed by atoms with van der Waals surface area (Å²) in [4.78, 5) is 22.2. The molecule has 1 aromatic heterocycles. The lowest BCUT2D eigenvalue weighted by Gasteiger charge is -2.10. The maximum atomic E-state index is 11.8. The molecule has 0 atom stereocenters. The molecule has 19 heavy (non-hydrogen) atoms. The van der Waals surface area contributed by atoms with Crippen LogP contribution in [0.5, 0.6) is 0 Å². The van der Waals surface area contributed by atoms with Gasteiger partial charge in [-0.25, -0.2) is 0 Å². The number of rotatable bonds is 6. The van der Waals surface area contributed by atoms with Crippen LogP contribution in [0.25, 0.3) is 0 Å². The summed E-state index contributed by atoms with van der Waals surface area (Å²) in [5.74, 6) is 0. The third kappa shape index (κ3) is 3.51. The fraction of sp³-hybridized carbons (Fsp3) is 0.462. The molecule has 0 amide bonds. The van der Waals surface area contributed by atoms with E-state index in [4.69, 9.17) is 0 Å². The van der Waals surface area contributed by atoms with E-state index in [1.165, 1.54) is 29.7 Å². The Kier molecular flexibility index (Phi) is 3.80. The maximum Gasteiger partial charge on any atom is 0.288 e. The summed E-state index contributed by atoms with van der Waals surface area (Å²) in [6.07, 6.45) is 3.66. The van der Waals surface area contributed by atoms with Gasteiger partial charge in [0.1, 0.15) is 0 Å². The van der Waals surface area contributed by atoms with Gasteiger partial charge in [0.25, 0.3) is 11.2 Å². The minimum atomic E-state index is -0.476. The van der Waals surface area contributed by atoms with E-state index in [1.807, 2.05) is 0 Å². The molecule has 0 bridgehead atoms. The molecule has 1 saturated carbocycles. The first-order chi connectivity index (χ1) is 8.97. The van der Waals surface area contributed by atoms with E-state index in [0.717, 1.165) is 5.57 Å². The number of nitro groups is 1. The van der Waals surface area contributed by atoms with Crippen molar-refractivity contribution in [3.63, 3.8) is 0 Å². The Hall–Kier alpha value is -1.95. The highest BCUT2D eigenvalue weighted by Gasteiger charge is 2.20. The lowest BCUT2D eigenvalue weighted by Crippen LogP contribution is -2.25. The van der Waals surface area contributed by atoms with Crippen molar-refractivity contribution in [3.05, 3.63) is 50.4 Å². The van der Waals surface area contributed by atoms with Crippen molar-refractivity contribution in [1.82, 2.24) is 9.88 Å². The number of hydrogen-bond acceptors (Lipinski definition) is 4. The Morgan fingerprint density at radius 3 is 2.89 bits per heavy atom. The van der Waals surface area contributed by atoms with E-state index < -0.39 is 4.92 Å². The average molecular weight is 263 g/mol. The second-order valence-electron chi connectivity index (χ2n) is 4.97. The molecule has 0 aromatic carbocycles. The predicted molar refractivity (Wildman–Crippen MR) is 72.3 cm³/mol.